The van der Waals surface area contributed by atoms with Crippen LogP contribution in [0.25, 0.3) is 0 Å². The molecule has 0 unspecified atom stereocenters. The molecule has 0 atom stereocenters. The molecule has 1 aromatic carbocycles. The lowest BCUT2D eigenvalue weighted by Crippen LogP contribution is -2.28. The van der Waals surface area contributed by atoms with Gasteiger partial charge in [-0.2, -0.15) is 0 Å². The molecule has 1 rings (SSSR count). The molecule has 2 nitrogen and oxygen atoms in total. The Morgan fingerprint density at radius 2 is 0.950 bits per heavy atom. The number of hydrogen-bond acceptors (Lipinski definition) is 2. The molecule has 0 heterocycles. The summed E-state index contributed by atoms with van der Waals surface area (Å²) >= 11 is 0. The lowest BCUT2D eigenvalue weighted by molar-refractivity contribution is 0.587. The van der Waals surface area contributed by atoms with Crippen LogP contribution in [0.15, 0.2) is 18.2 Å². The fraction of sp³-hybridized carbons (Fsp3) is 0.667. The van der Waals surface area contributed by atoms with E-state index in [1.165, 1.54) is 16.9 Å². The van der Waals surface area contributed by atoms with Gasteiger partial charge in [-0.1, -0.05) is 20.8 Å². The van der Waals surface area contributed by atoms with Crippen molar-refractivity contribution in [2.24, 2.45) is 0 Å². The molecule has 1 aromatic rings. The highest BCUT2D eigenvalue weighted by atomic mass is 15.0. The van der Waals surface area contributed by atoms with Crippen molar-refractivity contribution in [1.29, 1.82) is 0 Å². The molecule has 0 aliphatic heterocycles. The predicted molar refractivity (Wildman–Crippen MR) is 91.9 cm³/mol. The molecule has 0 radical (unpaired) electrons. The first-order valence-electron chi connectivity index (χ1n) is 7.48. The third-order valence-electron chi connectivity index (χ3n) is 2.84. The smallest absolute Gasteiger partial charge is 0.0367 e. The Morgan fingerprint density at radius 1 is 0.600 bits per heavy atom. The molecule has 0 aliphatic rings. The number of benzene rings is 1. The van der Waals surface area contributed by atoms with E-state index in [9.17, 15) is 0 Å². The summed E-state index contributed by atoms with van der Waals surface area (Å²) < 4.78 is 0. The molecular weight excluding hydrogens is 244 g/mol. The summed E-state index contributed by atoms with van der Waals surface area (Å²) in [7, 11) is 0. The number of hydrogen-bond donors (Lipinski definition) is 2. The van der Waals surface area contributed by atoms with E-state index in [4.69, 9.17) is 0 Å². The van der Waals surface area contributed by atoms with Crippen molar-refractivity contribution in [1.82, 2.24) is 0 Å². The van der Waals surface area contributed by atoms with Gasteiger partial charge in [0.25, 0.3) is 0 Å². The number of nitrogens with one attached hydrogen (secondary N) is 2. The van der Waals surface area contributed by atoms with Gasteiger partial charge in [-0.05, 0) is 70.7 Å². The van der Waals surface area contributed by atoms with Gasteiger partial charge in [0.05, 0.1) is 0 Å². The minimum atomic E-state index is 0.0650. The minimum Gasteiger partial charge on any atom is -0.380 e. The molecule has 20 heavy (non-hydrogen) atoms. The van der Waals surface area contributed by atoms with Crippen LogP contribution in [0.1, 0.15) is 67.9 Å². The van der Waals surface area contributed by atoms with Crippen molar-refractivity contribution in [2.75, 3.05) is 10.6 Å². The molecule has 0 saturated heterocycles. The van der Waals surface area contributed by atoms with Crippen LogP contribution in [0.4, 0.5) is 11.4 Å². The molecule has 0 fully saturated rings. The van der Waals surface area contributed by atoms with Crippen LogP contribution in [-0.2, 0) is 5.41 Å². The van der Waals surface area contributed by atoms with Gasteiger partial charge in [-0.25, -0.2) is 0 Å². The van der Waals surface area contributed by atoms with E-state index in [2.05, 4.69) is 91.1 Å². The van der Waals surface area contributed by atoms with E-state index < -0.39 is 0 Å². The van der Waals surface area contributed by atoms with E-state index in [1.807, 2.05) is 0 Å². The molecular formula is C18H32N2. The third kappa shape index (κ3) is 5.85. The molecule has 0 aliphatic carbocycles. The van der Waals surface area contributed by atoms with Crippen molar-refractivity contribution >= 4 is 11.4 Å². The van der Waals surface area contributed by atoms with Crippen LogP contribution >= 0.6 is 0 Å². The normalized spacial score (nSPS) is 13.2. The zero-order valence-corrected chi connectivity index (χ0v) is 14.7. The monoisotopic (exact) mass is 276 g/mol. The van der Waals surface area contributed by atoms with E-state index in [1.54, 1.807) is 0 Å². The second kappa shape index (κ2) is 5.31. The van der Waals surface area contributed by atoms with Gasteiger partial charge in [-0.15, -0.1) is 0 Å². The maximum absolute atomic E-state index is 3.58. The van der Waals surface area contributed by atoms with E-state index in [0.717, 1.165) is 0 Å². The van der Waals surface area contributed by atoms with Gasteiger partial charge in [0.1, 0.15) is 0 Å². The Labute approximate surface area is 125 Å². The summed E-state index contributed by atoms with van der Waals surface area (Å²) in [5.74, 6) is 0. The first-order valence-corrected chi connectivity index (χ1v) is 7.48. The maximum atomic E-state index is 3.58. The van der Waals surface area contributed by atoms with Crippen LogP contribution in [0, 0.1) is 0 Å². The first-order chi connectivity index (χ1) is 8.76. The third-order valence-corrected chi connectivity index (χ3v) is 2.84. The molecule has 0 aromatic heterocycles. The van der Waals surface area contributed by atoms with Gasteiger partial charge in [-0.3, -0.25) is 0 Å². The van der Waals surface area contributed by atoms with Crippen LogP contribution in [0.5, 0.6) is 0 Å². The minimum absolute atomic E-state index is 0.0650. The zero-order chi connectivity index (χ0) is 15.8. The van der Waals surface area contributed by atoms with Gasteiger partial charge < -0.3 is 10.6 Å². The second-order valence-electron chi connectivity index (χ2n) is 8.80. The summed E-state index contributed by atoms with van der Waals surface area (Å²) in [5.41, 5.74) is 3.97. The quantitative estimate of drug-likeness (QED) is 0.755. The van der Waals surface area contributed by atoms with Crippen LogP contribution < -0.4 is 10.6 Å². The maximum Gasteiger partial charge on any atom is 0.0367 e. The lowest BCUT2D eigenvalue weighted by atomic mass is 9.86. The number of anilines is 2. The van der Waals surface area contributed by atoms with Gasteiger partial charge in [0, 0.05) is 22.5 Å². The van der Waals surface area contributed by atoms with Gasteiger partial charge >= 0.3 is 0 Å². The van der Waals surface area contributed by atoms with E-state index in [0.29, 0.717) is 0 Å². The van der Waals surface area contributed by atoms with Crippen molar-refractivity contribution in [2.45, 2.75) is 78.8 Å². The Kier molecular flexibility index (Phi) is 4.48. The molecule has 0 amide bonds. The van der Waals surface area contributed by atoms with Crippen LogP contribution in [0.3, 0.4) is 0 Å². The largest absolute Gasteiger partial charge is 0.380 e. The van der Waals surface area contributed by atoms with Gasteiger partial charge in [0.2, 0.25) is 0 Å². The average molecular weight is 276 g/mol. The van der Waals surface area contributed by atoms with Gasteiger partial charge in [0.15, 0.2) is 0 Å². The highest BCUT2D eigenvalue weighted by molar-refractivity contribution is 5.61. The zero-order valence-electron chi connectivity index (χ0n) is 14.7. The molecule has 0 saturated carbocycles. The molecule has 0 bridgehead atoms. The molecule has 2 heteroatoms. The van der Waals surface area contributed by atoms with Crippen LogP contribution in [0.2, 0.25) is 0 Å². The van der Waals surface area contributed by atoms with Crippen molar-refractivity contribution in [3.63, 3.8) is 0 Å². The van der Waals surface area contributed by atoms with E-state index >= 15 is 0 Å². The summed E-state index contributed by atoms with van der Waals surface area (Å²) in [6.07, 6.45) is 0. The Bertz CT molecular complexity index is 420. The van der Waals surface area contributed by atoms with Crippen LogP contribution in [-0.4, -0.2) is 11.1 Å². The SMILES string of the molecule is CC(C)(C)Nc1cc(NC(C)(C)C)cc(C(C)(C)C)c1. The fourth-order valence-electron chi connectivity index (χ4n) is 2.07. The topological polar surface area (TPSA) is 24.1 Å². The number of rotatable bonds is 2. The Hall–Kier alpha value is -1.18. The molecule has 2 N–H and O–H groups in total. The van der Waals surface area contributed by atoms with Crippen molar-refractivity contribution in [3.05, 3.63) is 23.8 Å². The summed E-state index contributed by atoms with van der Waals surface area (Å²) in [4.78, 5) is 0. The summed E-state index contributed by atoms with van der Waals surface area (Å²) in [6, 6.07) is 6.73. The van der Waals surface area contributed by atoms with Crippen molar-refractivity contribution in [3.8, 4) is 0 Å². The Balaban J connectivity index is 3.22. The van der Waals surface area contributed by atoms with Crippen molar-refractivity contribution < 1.29 is 0 Å². The lowest BCUT2D eigenvalue weighted by Gasteiger charge is -2.28. The molecule has 114 valence electrons. The first kappa shape index (κ1) is 16.9. The summed E-state index contributed by atoms with van der Waals surface area (Å²) in [5, 5.41) is 7.16. The highest BCUT2D eigenvalue weighted by Crippen LogP contribution is 2.31. The predicted octanol–water partition coefficient (Wildman–Crippen LogP) is 5.40. The highest BCUT2D eigenvalue weighted by Gasteiger charge is 2.19. The summed E-state index contributed by atoms with van der Waals surface area (Å²) in [6.45, 7) is 19.9. The average Bonchev–Trinajstić information content (AvgIpc) is 2.09. The molecule has 0 spiro atoms. The second-order valence-corrected chi connectivity index (χ2v) is 8.80. The van der Waals surface area contributed by atoms with E-state index in [-0.39, 0.29) is 16.5 Å². The fourth-order valence-corrected chi connectivity index (χ4v) is 2.07. The Morgan fingerprint density at radius 3 is 1.20 bits per heavy atom. The standard InChI is InChI=1S/C18H32N2/c1-16(2,3)13-10-14(19-17(4,5)6)12-15(11-13)20-18(7,8)9/h10-12,19-20H,1-9H3.